The average molecular weight is 214 g/mol. The second-order valence-corrected chi connectivity index (χ2v) is 4.23. The lowest BCUT2D eigenvalue weighted by Gasteiger charge is -2.27. The summed E-state index contributed by atoms with van der Waals surface area (Å²) in [5.41, 5.74) is 1.82. The number of rotatable bonds is 2. The summed E-state index contributed by atoms with van der Waals surface area (Å²) < 4.78 is 0. The molecule has 0 radical (unpaired) electrons. The van der Waals surface area contributed by atoms with Gasteiger partial charge < -0.3 is 0 Å². The van der Waals surface area contributed by atoms with Gasteiger partial charge in [-0.2, -0.15) is 5.26 Å². The van der Waals surface area contributed by atoms with Crippen LogP contribution in [-0.4, -0.2) is 0 Å². The van der Waals surface area contributed by atoms with Gasteiger partial charge >= 0.3 is 0 Å². The Kier molecular flexibility index (Phi) is 4.80. The molecular weight excluding hydrogens is 196 g/mol. The Labute approximate surface area is 98.1 Å². The van der Waals surface area contributed by atoms with E-state index < -0.39 is 0 Å². The molecule has 0 aliphatic heterocycles. The number of hydrogen-bond acceptors (Lipinski definition) is 1. The van der Waals surface area contributed by atoms with Crippen LogP contribution in [0.5, 0.6) is 0 Å². The molecule has 16 heavy (non-hydrogen) atoms. The van der Waals surface area contributed by atoms with Gasteiger partial charge in [-0.15, -0.1) is 0 Å². The Bertz CT molecular complexity index is 331. The highest BCUT2D eigenvalue weighted by molar-refractivity contribution is 5.24. The highest BCUT2D eigenvalue weighted by Gasteiger charge is 2.25. The van der Waals surface area contributed by atoms with Gasteiger partial charge in [-0.3, -0.25) is 0 Å². The molecule has 1 saturated carbocycles. The molecule has 0 N–H and O–H groups in total. The van der Waals surface area contributed by atoms with Crippen LogP contribution >= 0.6 is 0 Å². The number of nitrogens with zero attached hydrogens (tertiary/aromatic N) is 2. The molecule has 1 fully saturated rings. The van der Waals surface area contributed by atoms with E-state index in [0.29, 0.717) is 11.8 Å². The third kappa shape index (κ3) is 2.74. The molecule has 0 amide bonds. The Hall–Kier alpha value is -1.54. The lowest BCUT2D eigenvalue weighted by atomic mass is 9.77. The van der Waals surface area contributed by atoms with E-state index in [1.807, 2.05) is 26.0 Å². The second-order valence-electron chi connectivity index (χ2n) is 4.23. The molecule has 2 heteroatoms. The largest absolute Gasteiger partial charge is 0.243 e. The van der Waals surface area contributed by atoms with E-state index in [2.05, 4.69) is 10.9 Å². The topological polar surface area (TPSA) is 28.1 Å². The quantitative estimate of drug-likeness (QED) is 0.502. The molecule has 1 aliphatic carbocycles. The van der Waals surface area contributed by atoms with Gasteiger partial charge in [0.15, 0.2) is 5.70 Å². The summed E-state index contributed by atoms with van der Waals surface area (Å²) in [5, 5.41) is 8.97. The van der Waals surface area contributed by atoms with Crippen molar-refractivity contribution in [1.29, 1.82) is 5.26 Å². The minimum Gasteiger partial charge on any atom is -0.243 e. The molecule has 0 spiro atoms. The molecule has 0 atom stereocenters. The van der Waals surface area contributed by atoms with Crippen LogP contribution in [0, 0.1) is 29.7 Å². The third-order valence-corrected chi connectivity index (χ3v) is 3.45. The minimum atomic E-state index is 0.426. The van der Waals surface area contributed by atoms with Gasteiger partial charge in [-0.05, 0) is 31.6 Å². The first-order valence-corrected chi connectivity index (χ1v) is 5.86. The van der Waals surface area contributed by atoms with Gasteiger partial charge in [0.05, 0.1) is 12.6 Å². The summed E-state index contributed by atoms with van der Waals surface area (Å²) in [6, 6.07) is 2.28. The summed E-state index contributed by atoms with van der Waals surface area (Å²) in [6.45, 7) is 11.0. The fourth-order valence-corrected chi connectivity index (χ4v) is 2.48. The van der Waals surface area contributed by atoms with Gasteiger partial charge in [-0.25, -0.2) is 4.85 Å². The van der Waals surface area contributed by atoms with Crippen molar-refractivity contribution in [3.63, 3.8) is 0 Å². The van der Waals surface area contributed by atoms with Crippen molar-refractivity contribution < 1.29 is 0 Å². The van der Waals surface area contributed by atoms with Crippen molar-refractivity contribution >= 4 is 0 Å². The minimum absolute atomic E-state index is 0.426. The third-order valence-electron chi connectivity index (χ3n) is 3.45. The maximum Gasteiger partial charge on any atom is 0.164 e. The van der Waals surface area contributed by atoms with Gasteiger partial charge in [0, 0.05) is 5.57 Å². The van der Waals surface area contributed by atoms with Crippen LogP contribution in [0.25, 0.3) is 4.85 Å². The first-order chi connectivity index (χ1) is 7.76. The molecule has 84 valence electrons. The van der Waals surface area contributed by atoms with Crippen molar-refractivity contribution in [2.45, 2.75) is 39.5 Å². The van der Waals surface area contributed by atoms with Gasteiger partial charge in [0.1, 0.15) is 0 Å². The summed E-state index contributed by atoms with van der Waals surface area (Å²) in [4.78, 5) is 3.57. The first kappa shape index (κ1) is 12.5. The molecule has 0 aromatic rings. The zero-order valence-electron chi connectivity index (χ0n) is 10.0. The number of nitriles is 1. The maximum atomic E-state index is 8.97. The summed E-state index contributed by atoms with van der Waals surface area (Å²) in [7, 11) is 0. The lowest BCUT2D eigenvalue weighted by Crippen LogP contribution is -2.16. The number of hydrogen-bond donors (Lipinski definition) is 0. The van der Waals surface area contributed by atoms with Crippen LogP contribution in [0.1, 0.15) is 39.5 Å². The molecule has 0 heterocycles. The van der Waals surface area contributed by atoms with Crippen LogP contribution in [0.3, 0.4) is 0 Å². The molecule has 0 aromatic heterocycles. The monoisotopic (exact) mass is 214 g/mol. The average Bonchev–Trinajstić information content (AvgIpc) is 2.34. The van der Waals surface area contributed by atoms with E-state index in [0.717, 1.165) is 37.0 Å². The van der Waals surface area contributed by atoms with Gasteiger partial charge in [0.25, 0.3) is 0 Å². The van der Waals surface area contributed by atoms with Crippen molar-refractivity contribution in [2.24, 2.45) is 11.8 Å². The maximum absolute atomic E-state index is 8.97. The van der Waals surface area contributed by atoms with E-state index in [-0.39, 0.29) is 0 Å². The molecule has 2 nitrogen and oxygen atoms in total. The van der Waals surface area contributed by atoms with Crippen molar-refractivity contribution in [3.8, 4) is 6.07 Å². The zero-order chi connectivity index (χ0) is 12.0. The van der Waals surface area contributed by atoms with E-state index >= 15 is 0 Å². The smallest absolute Gasteiger partial charge is 0.164 e. The Morgan fingerprint density at radius 2 is 1.75 bits per heavy atom. The second kappa shape index (κ2) is 6.13. The van der Waals surface area contributed by atoms with Crippen LogP contribution in [0.2, 0.25) is 0 Å². The van der Waals surface area contributed by atoms with Crippen LogP contribution in [0.4, 0.5) is 0 Å². The summed E-state index contributed by atoms with van der Waals surface area (Å²) in [6.07, 6.45) is 8.04. The normalized spacial score (nSPS) is 27.0. The Morgan fingerprint density at radius 1 is 1.19 bits per heavy atom. The molecule has 1 rings (SSSR count). The molecule has 0 unspecified atom stereocenters. The molecule has 0 bridgehead atoms. The zero-order valence-corrected chi connectivity index (χ0v) is 10.0. The summed E-state index contributed by atoms with van der Waals surface area (Å²) >= 11 is 0. The standard InChI is InChI=1S/C14H18N2/c1-4-11(10-15)12-6-8-13(9-7-12)14(5-2)16-3/h4-5,12-13H,6-9H2,1-2H3/b11-4+,14-5-. The summed E-state index contributed by atoms with van der Waals surface area (Å²) in [5.74, 6) is 0.852. The fourth-order valence-electron chi connectivity index (χ4n) is 2.48. The Morgan fingerprint density at radius 3 is 2.12 bits per heavy atom. The van der Waals surface area contributed by atoms with Crippen molar-refractivity contribution in [3.05, 3.63) is 34.8 Å². The van der Waals surface area contributed by atoms with Crippen LogP contribution < -0.4 is 0 Å². The predicted molar refractivity (Wildman–Crippen MR) is 65.2 cm³/mol. The van der Waals surface area contributed by atoms with Crippen LogP contribution in [0.15, 0.2) is 23.4 Å². The number of allylic oxidation sites excluding steroid dienone is 4. The highest BCUT2D eigenvalue weighted by atomic mass is 14.7. The SMILES string of the molecule is [C-]#[N+]/C(=C\C)C1CCC(/C(C#N)=C/C)CC1. The molecular formula is C14H18N2. The molecule has 0 aromatic carbocycles. The molecule has 0 saturated heterocycles. The lowest BCUT2D eigenvalue weighted by molar-refractivity contribution is 0.340. The Balaban J connectivity index is 2.60. The predicted octanol–water partition coefficient (Wildman–Crippen LogP) is 4.09. The first-order valence-electron chi connectivity index (χ1n) is 5.86. The van der Waals surface area contributed by atoms with Gasteiger partial charge in [0.2, 0.25) is 0 Å². The van der Waals surface area contributed by atoms with E-state index in [9.17, 15) is 0 Å². The van der Waals surface area contributed by atoms with Crippen molar-refractivity contribution in [1.82, 2.24) is 0 Å². The van der Waals surface area contributed by atoms with E-state index in [4.69, 9.17) is 11.8 Å². The van der Waals surface area contributed by atoms with E-state index in [1.165, 1.54) is 0 Å². The molecule has 1 aliphatic rings. The van der Waals surface area contributed by atoms with Crippen LogP contribution in [-0.2, 0) is 0 Å². The highest BCUT2D eigenvalue weighted by Crippen LogP contribution is 2.36. The van der Waals surface area contributed by atoms with Gasteiger partial charge in [-0.1, -0.05) is 31.9 Å². The fraction of sp³-hybridized carbons (Fsp3) is 0.571. The van der Waals surface area contributed by atoms with E-state index in [1.54, 1.807) is 0 Å². The van der Waals surface area contributed by atoms with Crippen molar-refractivity contribution in [2.75, 3.05) is 0 Å².